The van der Waals surface area contributed by atoms with E-state index in [0.29, 0.717) is 17.1 Å². The lowest BCUT2D eigenvalue weighted by Crippen LogP contribution is -2.09. The molecule has 0 amide bonds. The van der Waals surface area contributed by atoms with Crippen molar-refractivity contribution in [1.82, 2.24) is 4.98 Å². The summed E-state index contributed by atoms with van der Waals surface area (Å²) < 4.78 is 5.38. The van der Waals surface area contributed by atoms with E-state index in [2.05, 4.69) is 10.3 Å². The Balaban J connectivity index is 2.42. The van der Waals surface area contributed by atoms with Crippen LogP contribution in [0.5, 0.6) is 0 Å². The molecule has 2 N–H and O–H groups in total. The number of aromatic nitrogens is 1. The third kappa shape index (κ3) is 1.98. The van der Waals surface area contributed by atoms with Crippen molar-refractivity contribution in [3.8, 4) is 0 Å². The first kappa shape index (κ1) is 10.5. The summed E-state index contributed by atoms with van der Waals surface area (Å²) in [6, 6.07) is 5.23. The number of oxazole rings is 1. The molecule has 0 unspecified atom stereocenters. The molecule has 5 heteroatoms. The molecule has 0 aliphatic rings. The van der Waals surface area contributed by atoms with E-state index in [4.69, 9.17) is 9.52 Å². The van der Waals surface area contributed by atoms with Crippen LogP contribution in [0.1, 0.15) is 24.2 Å². The van der Waals surface area contributed by atoms with E-state index >= 15 is 0 Å². The predicted octanol–water partition coefficient (Wildman–Crippen LogP) is 2.35. The topological polar surface area (TPSA) is 75.4 Å². The highest BCUT2D eigenvalue weighted by Gasteiger charge is 2.09. The highest BCUT2D eigenvalue weighted by atomic mass is 16.4. The van der Waals surface area contributed by atoms with Gasteiger partial charge in [-0.1, -0.05) is 0 Å². The lowest BCUT2D eigenvalue weighted by molar-refractivity contribution is 0.0697. The number of carboxylic acids is 1. The van der Waals surface area contributed by atoms with Gasteiger partial charge < -0.3 is 14.8 Å². The van der Waals surface area contributed by atoms with Crippen LogP contribution in [-0.2, 0) is 0 Å². The monoisotopic (exact) mass is 220 g/mol. The number of aromatic carboxylic acids is 1. The number of carboxylic acid groups (broad SMARTS) is 1. The van der Waals surface area contributed by atoms with Crippen molar-refractivity contribution >= 4 is 23.1 Å². The van der Waals surface area contributed by atoms with Crippen LogP contribution in [-0.4, -0.2) is 22.1 Å². The smallest absolute Gasteiger partial charge is 0.335 e. The number of rotatable bonds is 3. The Morgan fingerprint density at radius 2 is 2.25 bits per heavy atom. The molecule has 0 saturated heterocycles. The Bertz CT molecular complexity index is 531. The van der Waals surface area contributed by atoms with Gasteiger partial charge in [-0.05, 0) is 32.0 Å². The number of anilines is 1. The molecule has 2 aromatic rings. The summed E-state index contributed by atoms with van der Waals surface area (Å²) in [7, 11) is 0. The van der Waals surface area contributed by atoms with E-state index in [9.17, 15) is 4.79 Å². The minimum atomic E-state index is -0.975. The summed E-state index contributed by atoms with van der Waals surface area (Å²) in [6.07, 6.45) is 0. The molecular weight excluding hydrogens is 208 g/mol. The maximum Gasteiger partial charge on any atom is 0.335 e. The summed E-state index contributed by atoms with van der Waals surface area (Å²) >= 11 is 0. The van der Waals surface area contributed by atoms with E-state index in [1.54, 1.807) is 6.07 Å². The van der Waals surface area contributed by atoms with E-state index in [1.807, 2.05) is 13.8 Å². The second-order valence-electron chi connectivity index (χ2n) is 3.81. The van der Waals surface area contributed by atoms with E-state index < -0.39 is 5.97 Å². The second kappa shape index (κ2) is 3.84. The quantitative estimate of drug-likeness (QED) is 0.830. The Morgan fingerprint density at radius 3 is 2.88 bits per heavy atom. The molecule has 5 nitrogen and oxygen atoms in total. The molecule has 0 aliphatic heterocycles. The van der Waals surface area contributed by atoms with Crippen molar-refractivity contribution in [3.05, 3.63) is 23.8 Å². The van der Waals surface area contributed by atoms with Gasteiger partial charge in [-0.25, -0.2) is 4.79 Å². The van der Waals surface area contributed by atoms with Crippen molar-refractivity contribution in [1.29, 1.82) is 0 Å². The van der Waals surface area contributed by atoms with Crippen LogP contribution in [0.4, 0.5) is 6.01 Å². The minimum absolute atomic E-state index is 0.194. The van der Waals surface area contributed by atoms with Gasteiger partial charge in [0.15, 0.2) is 5.58 Å². The van der Waals surface area contributed by atoms with Gasteiger partial charge in [0.25, 0.3) is 6.01 Å². The lowest BCUT2D eigenvalue weighted by Gasteiger charge is -2.02. The van der Waals surface area contributed by atoms with Crippen molar-refractivity contribution in [3.63, 3.8) is 0 Å². The molecule has 0 atom stereocenters. The number of nitrogens with one attached hydrogen (secondary N) is 1. The fourth-order valence-corrected chi connectivity index (χ4v) is 1.37. The van der Waals surface area contributed by atoms with Gasteiger partial charge in [0.05, 0.1) is 5.56 Å². The van der Waals surface area contributed by atoms with Crippen molar-refractivity contribution in [2.75, 3.05) is 5.32 Å². The van der Waals surface area contributed by atoms with Crippen LogP contribution in [0, 0.1) is 0 Å². The molecule has 0 spiro atoms. The zero-order valence-corrected chi connectivity index (χ0v) is 9.02. The molecule has 84 valence electrons. The Hall–Kier alpha value is -2.04. The highest BCUT2D eigenvalue weighted by Crippen LogP contribution is 2.20. The molecule has 0 radical (unpaired) electrons. The standard InChI is InChI=1S/C11H12N2O3/c1-6(2)12-11-13-8-4-3-7(10(14)15)5-9(8)16-11/h3-6H,1-2H3,(H,12,13)(H,14,15). The first-order valence-corrected chi connectivity index (χ1v) is 4.96. The average Bonchev–Trinajstić information content (AvgIpc) is 2.56. The zero-order valence-electron chi connectivity index (χ0n) is 9.02. The maximum atomic E-state index is 10.8. The molecule has 0 bridgehead atoms. The van der Waals surface area contributed by atoms with Gasteiger partial charge in [-0.3, -0.25) is 0 Å². The SMILES string of the molecule is CC(C)Nc1nc2ccc(C(=O)O)cc2o1. The Morgan fingerprint density at radius 1 is 1.50 bits per heavy atom. The molecular formula is C11H12N2O3. The van der Waals surface area contributed by atoms with E-state index in [-0.39, 0.29) is 11.6 Å². The van der Waals surface area contributed by atoms with Gasteiger partial charge in [0, 0.05) is 6.04 Å². The average molecular weight is 220 g/mol. The molecule has 1 heterocycles. The fourth-order valence-electron chi connectivity index (χ4n) is 1.37. The minimum Gasteiger partial charge on any atom is -0.478 e. The Kier molecular flexibility index (Phi) is 2.52. The second-order valence-corrected chi connectivity index (χ2v) is 3.81. The fraction of sp³-hybridized carbons (Fsp3) is 0.273. The van der Waals surface area contributed by atoms with E-state index in [1.165, 1.54) is 12.1 Å². The maximum absolute atomic E-state index is 10.8. The van der Waals surface area contributed by atoms with Crippen molar-refractivity contribution in [2.45, 2.75) is 19.9 Å². The summed E-state index contributed by atoms with van der Waals surface area (Å²) in [5.74, 6) is -0.975. The van der Waals surface area contributed by atoms with E-state index in [0.717, 1.165) is 0 Å². The van der Waals surface area contributed by atoms with Gasteiger partial charge in [0.1, 0.15) is 5.52 Å². The molecule has 2 rings (SSSR count). The number of benzene rings is 1. The number of carbonyl (C=O) groups is 1. The van der Waals surface area contributed by atoms with Crippen LogP contribution in [0.25, 0.3) is 11.1 Å². The largest absolute Gasteiger partial charge is 0.478 e. The highest BCUT2D eigenvalue weighted by molar-refractivity contribution is 5.92. The molecule has 0 aliphatic carbocycles. The van der Waals surface area contributed by atoms with Crippen LogP contribution >= 0.6 is 0 Å². The molecule has 0 saturated carbocycles. The summed E-state index contributed by atoms with van der Waals surface area (Å²) in [5, 5.41) is 11.8. The summed E-state index contributed by atoms with van der Waals surface area (Å²) in [4.78, 5) is 14.9. The summed E-state index contributed by atoms with van der Waals surface area (Å²) in [6.45, 7) is 3.94. The first-order chi connectivity index (χ1) is 7.56. The number of fused-ring (bicyclic) bond motifs is 1. The van der Waals surface area contributed by atoms with Crippen LogP contribution in [0.15, 0.2) is 22.6 Å². The normalized spacial score (nSPS) is 10.9. The Labute approximate surface area is 92.1 Å². The number of hydrogen-bond donors (Lipinski definition) is 2. The van der Waals surface area contributed by atoms with Gasteiger partial charge in [0.2, 0.25) is 0 Å². The van der Waals surface area contributed by atoms with Crippen molar-refractivity contribution in [2.24, 2.45) is 0 Å². The molecule has 1 aromatic carbocycles. The molecule has 0 fully saturated rings. The number of nitrogens with zero attached hydrogens (tertiary/aromatic N) is 1. The third-order valence-corrected chi connectivity index (χ3v) is 2.05. The van der Waals surface area contributed by atoms with Crippen LogP contribution in [0.2, 0.25) is 0 Å². The van der Waals surface area contributed by atoms with Gasteiger partial charge >= 0.3 is 5.97 Å². The third-order valence-electron chi connectivity index (χ3n) is 2.05. The van der Waals surface area contributed by atoms with Crippen molar-refractivity contribution < 1.29 is 14.3 Å². The first-order valence-electron chi connectivity index (χ1n) is 4.96. The lowest BCUT2D eigenvalue weighted by atomic mass is 10.2. The predicted molar refractivity (Wildman–Crippen MR) is 59.7 cm³/mol. The van der Waals surface area contributed by atoms with Gasteiger partial charge in [-0.15, -0.1) is 0 Å². The molecule has 1 aromatic heterocycles. The molecule has 16 heavy (non-hydrogen) atoms. The summed E-state index contributed by atoms with van der Waals surface area (Å²) in [5.41, 5.74) is 1.32. The number of hydrogen-bond acceptors (Lipinski definition) is 4. The van der Waals surface area contributed by atoms with Gasteiger partial charge in [-0.2, -0.15) is 4.98 Å². The van der Waals surface area contributed by atoms with Crippen LogP contribution < -0.4 is 5.32 Å². The zero-order chi connectivity index (χ0) is 11.7. The van der Waals surface area contributed by atoms with Crippen LogP contribution in [0.3, 0.4) is 0 Å².